The van der Waals surface area contributed by atoms with Crippen molar-refractivity contribution in [1.82, 2.24) is 15.0 Å². The van der Waals surface area contributed by atoms with Crippen molar-refractivity contribution >= 4 is 32.7 Å². The van der Waals surface area contributed by atoms with Gasteiger partial charge in [0.1, 0.15) is 11.2 Å². The summed E-state index contributed by atoms with van der Waals surface area (Å²) in [5.74, 6) is 4.90. The minimum absolute atomic E-state index is 0.0152. The topological polar surface area (TPSA) is 51.8 Å². The van der Waals surface area contributed by atoms with Crippen LogP contribution in [0.4, 0.5) is 0 Å². The molecule has 4 fully saturated rings. The molecule has 0 aliphatic heterocycles. The first-order valence-corrected chi connectivity index (χ1v) is 25.3. The van der Waals surface area contributed by atoms with Gasteiger partial charge in [-0.3, -0.25) is 0 Å². The van der Waals surface area contributed by atoms with Gasteiger partial charge in [-0.15, -0.1) is 0 Å². The van der Waals surface area contributed by atoms with Crippen molar-refractivity contribution in [3.8, 4) is 56.4 Å². The number of hydrogen-bond acceptors (Lipinski definition) is 4. The molecule has 0 amide bonds. The second-order valence-electron chi connectivity index (χ2n) is 21.1. The molecule has 9 aromatic carbocycles. The Balaban J connectivity index is 0.844. The third kappa shape index (κ3) is 5.23. The lowest BCUT2D eigenvalue weighted by Gasteiger charge is -2.65. The van der Waals surface area contributed by atoms with Crippen LogP contribution in [-0.2, 0) is 10.8 Å². The zero-order valence-corrected chi connectivity index (χ0v) is 38.6. The van der Waals surface area contributed by atoms with E-state index in [4.69, 9.17) is 19.4 Å². The summed E-state index contributed by atoms with van der Waals surface area (Å²) < 4.78 is 6.30. The lowest BCUT2D eigenvalue weighted by atomic mass is 9.38. The Hall–Kier alpha value is -7.95. The Kier molecular flexibility index (Phi) is 7.96. The molecule has 4 heteroatoms. The number of benzene rings is 9. The van der Waals surface area contributed by atoms with Crippen molar-refractivity contribution in [2.24, 2.45) is 23.7 Å². The molecule has 6 aliphatic rings. The van der Waals surface area contributed by atoms with E-state index in [-0.39, 0.29) is 10.8 Å². The zero-order valence-electron chi connectivity index (χ0n) is 38.6. The van der Waals surface area contributed by atoms with Crippen LogP contribution in [0.15, 0.2) is 205 Å². The van der Waals surface area contributed by atoms with Crippen LogP contribution in [0.5, 0.6) is 0 Å². The Bertz CT molecular complexity index is 3920. The summed E-state index contributed by atoms with van der Waals surface area (Å²) in [7, 11) is 0. The maximum atomic E-state index is 6.30. The predicted molar refractivity (Wildman–Crippen MR) is 281 cm³/mol. The van der Waals surface area contributed by atoms with Crippen LogP contribution >= 0.6 is 0 Å². The lowest BCUT2D eigenvalue weighted by molar-refractivity contribution is -0.0440. The SMILES string of the molecule is c1ccc(-c2nc(-c3ccc4cc(-c5ccc6c(c5)C5(c7ccccc7C67c6ccccc6-c6ccccc67)C6CC7CC(C6)CC5C7)ccc4c3)nc(-c3ccc4c(c3)oc3ccccc34)n2)cc1. The fraction of sp³-hybridized carbons (Fsp3) is 0.167. The van der Waals surface area contributed by atoms with Gasteiger partial charge in [0.05, 0.1) is 5.41 Å². The molecule has 4 nitrogen and oxygen atoms in total. The van der Waals surface area contributed by atoms with E-state index in [1.54, 1.807) is 11.1 Å². The molecule has 2 heterocycles. The summed E-state index contributed by atoms with van der Waals surface area (Å²) in [6.07, 6.45) is 6.81. The minimum Gasteiger partial charge on any atom is -0.456 e. The smallest absolute Gasteiger partial charge is 0.164 e. The molecule has 2 spiro atoms. The maximum absolute atomic E-state index is 6.30. The minimum atomic E-state index is -0.382. The number of nitrogens with zero attached hydrogens (tertiary/aromatic N) is 3. The quantitative estimate of drug-likeness (QED) is 0.177. The van der Waals surface area contributed by atoms with Crippen LogP contribution in [0.25, 0.3) is 89.1 Å². The van der Waals surface area contributed by atoms with Crippen LogP contribution in [0.3, 0.4) is 0 Å². The average Bonchev–Trinajstić information content (AvgIpc) is 3.94. The van der Waals surface area contributed by atoms with E-state index in [1.165, 1.54) is 82.0 Å². The van der Waals surface area contributed by atoms with E-state index in [9.17, 15) is 0 Å². The van der Waals surface area contributed by atoms with Gasteiger partial charge in [-0.05, 0) is 159 Å². The van der Waals surface area contributed by atoms with Crippen molar-refractivity contribution in [3.63, 3.8) is 0 Å². The molecule has 0 unspecified atom stereocenters. The van der Waals surface area contributed by atoms with E-state index in [1.807, 2.05) is 36.4 Å². The molecule has 0 saturated heterocycles. The summed E-state index contributed by atoms with van der Waals surface area (Å²) in [6.45, 7) is 0. The third-order valence-electron chi connectivity index (χ3n) is 17.8. The molecule has 2 aromatic heterocycles. The number of aromatic nitrogens is 3. The van der Waals surface area contributed by atoms with Gasteiger partial charge in [0, 0.05) is 32.9 Å². The van der Waals surface area contributed by atoms with Crippen LogP contribution in [0.2, 0.25) is 0 Å². The standard InChI is InChI=1S/C66H47N3O/c1-2-12-41(13-3-1)62-67-63(69-64(68-62)47-26-28-53-52-16-6-11-21-60(52)70-61(53)38-47)46-25-24-42-35-43(22-23-44(42)36-46)45-27-29-58-59(37-45)65(48-31-39-30-40(33-48)34-49(65)32-39)56-19-9-10-20-57(56)66(58)54-17-7-4-14-50(54)51-15-5-8-18-55(51)66/h1-29,35-40,48-49H,30-34H2. The molecule has 6 aliphatic carbocycles. The third-order valence-corrected chi connectivity index (χ3v) is 17.8. The maximum Gasteiger partial charge on any atom is 0.164 e. The summed E-state index contributed by atoms with van der Waals surface area (Å²) in [6, 6.07) is 74.3. The summed E-state index contributed by atoms with van der Waals surface area (Å²) >= 11 is 0. The van der Waals surface area contributed by atoms with Crippen LogP contribution < -0.4 is 0 Å². The molecule has 4 bridgehead atoms. The summed E-state index contributed by atoms with van der Waals surface area (Å²) in [5, 5.41) is 4.52. The average molecular weight is 898 g/mol. The monoisotopic (exact) mass is 897 g/mol. The van der Waals surface area contributed by atoms with Crippen LogP contribution in [0, 0.1) is 23.7 Å². The molecule has 17 rings (SSSR count). The Morgan fingerprint density at radius 3 is 1.56 bits per heavy atom. The summed E-state index contributed by atoms with van der Waals surface area (Å²) in [5.41, 5.74) is 18.4. The van der Waals surface area contributed by atoms with Gasteiger partial charge in [0.2, 0.25) is 0 Å². The fourth-order valence-corrected chi connectivity index (χ4v) is 15.3. The largest absolute Gasteiger partial charge is 0.456 e. The van der Waals surface area contributed by atoms with Crippen molar-refractivity contribution in [3.05, 3.63) is 234 Å². The van der Waals surface area contributed by atoms with Gasteiger partial charge >= 0.3 is 0 Å². The molecule has 70 heavy (non-hydrogen) atoms. The van der Waals surface area contributed by atoms with Gasteiger partial charge in [-0.1, -0.05) is 164 Å². The van der Waals surface area contributed by atoms with Gasteiger partial charge in [-0.25, -0.2) is 15.0 Å². The van der Waals surface area contributed by atoms with Crippen molar-refractivity contribution in [1.29, 1.82) is 0 Å². The zero-order chi connectivity index (χ0) is 45.7. The molecule has 0 atom stereocenters. The molecule has 0 N–H and O–H groups in total. The number of hydrogen-bond donors (Lipinski definition) is 0. The fourth-order valence-electron chi connectivity index (χ4n) is 15.3. The Labute approximate surface area is 406 Å². The molecule has 332 valence electrons. The highest BCUT2D eigenvalue weighted by Gasteiger charge is 2.64. The van der Waals surface area contributed by atoms with E-state index in [0.717, 1.165) is 55.9 Å². The Morgan fingerprint density at radius 1 is 0.343 bits per heavy atom. The van der Waals surface area contributed by atoms with Gasteiger partial charge in [0.15, 0.2) is 17.5 Å². The van der Waals surface area contributed by atoms with Crippen molar-refractivity contribution < 1.29 is 4.42 Å². The lowest BCUT2D eigenvalue weighted by Crippen LogP contribution is -2.59. The van der Waals surface area contributed by atoms with Crippen molar-refractivity contribution in [2.75, 3.05) is 0 Å². The molecule has 11 aromatic rings. The highest BCUT2D eigenvalue weighted by Crippen LogP contribution is 2.71. The van der Waals surface area contributed by atoms with Crippen LogP contribution in [-0.4, -0.2) is 15.0 Å². The molecular formula is C66H47N3O. The second kappa shape index (κ2) is 14.3. The van der Waals surface area contributed by atoms with E-state index in [2.05, 4.69) is 164 Å². The van der Waals surface area contributed by atoms with E-state index < -0.39 is 0 Å². The molecule has 0 radical (unpaired) electrons. The number of rotatable bonds is 4. The number of fused-ring (bicyclic) bond motifs is 13. The van der Waals surface area contributed by atoms with Crippen molar-refractivity contribution in [2.45, 2.75) is 42.9 Å². The summed E-state index contributed by atoms with van der Waals surface area (Å²) in [4.78, 5) is 15.3. The first-order chi connectivity index (χ1) is 34.6. The number of furan rings is 1. The highest BCUT2D eigenvalue weighted by molar-refractivity contribution is 6.05. The van der Waals surface area contributed by atoms with Gasteiger partial charge < -0.3 is 4.42 Å². The van der Waals surface area contributed by atoms with E-state index >= 15 is 0 Å². The second-order valence-corrected chi connectivity index (χ2v) is 21.1. The number of para-hydroxylation sites is 1. The predicted octanol–water partition coefficient (Wildman–Crippen LogP) is 16.0. The normalized spacial score (nSPS) is 21.9. The highest BCUT2D eigenvalue weighted by atomic mass is 16.3. The van der Waals surface area contributed by atoms with E-state index in [0.29, 0.717) is 29.3 Å². The first-order valence-electron chi connectivity index (χ1n) is 25.3. The van der Waals surface area contributed by atoms with Crippen LogP contribution in [0.1, 0.15) is 65.5 Å². The van der Waals surface area contributed by atoms with Gasteiger partial charge in [0.25, 0.3) is 0 Å². The molecule has 4 saturated carbocycles. The Morgan fingerprint density at radius 2 is 0.843 bits per heavy atom. The first kappa shape index (κ1) is 39.0. The van der Waals surface area contributed by atoms with Gasteiger partial charge in [-0.2, -0.15) is 0 Å². The molecular weight excluding hydrogens is 851 g/mol.